The lowest BCUT2D eigenvalue weighted by molar-refractivity contribution is 0.402. The molecular formula is C13H17NO3S. The number of sulfone groups is 1. The predicted molar refractivity (Wildman–Crippen MR) is 69.4 cm³/mol. The molecule has 4 nitrogen and oxygen atoms in total. The van der Waals surface area contributed by atoms with Crippen LogP contribution in [-0.4, -0.2) is 21.3 Å². The second-order valence-electron chi connectivity index (χ2n) is 4.29. The van der Waals surface area contributed by atoms with Gasteiger partial charge in [0.15, 0.2) is 9.84 Å². The number of nitriles is 1. The second-order valence-corrected chi connectivity index (χ2v) is 6.37. The molecule has 18 heavy (non-hydrogen) atoms. The Morgan fingerprint density at radius 2 is 2.06 bits per heavy atom. The number of methoxy groups -OCH3 is 1. The number of nitrogens with zero attached hydrogens (tertiary/aromatic N) is 1. The van der Waals surface area contributed by atoms with Crippen molar-refractivity contribution >= 4 is 9.84 Å². The first-order chi connectivity index (χ1) is 8.42. The minimum Gasteiger partial charge on any atom is -0.495 e. The van der Waals surface area contributed by atoms with E-state index in [2.05, 4.69) is 0 Å². The van der Waals surface area contributed by atoms with Gasteiger partial charge in [0.05, 0.1) is 18.9 Å². The number of benzene rings is 1. The van der Waals surface area contributed by atoms with Crippen molar-refractivity contribution in [3.8, 4) is 11.8 Å². The summed E-state index contributed by atoms with van der Waals surface area (Å²) in [6, 6.07) is 7.00. The standard InChI is InChI=1S/C13H17NO3S/c1-10(2)11-5-6-12(17-3)13(9-11)18(15,16)8-4-7-14/h5-6,9-10H,4,8H2,1-3H3. The maximum Gasteiger partial charge on any atom is 0.183 e. The van der Waals surface area contributed by atoms with Crippen molar-refractivity contribution in [3.05, 3.63) is 23.8 Å². The zero-order valence-corrected chi connectivity index (χ0v) is 11.6. The van der Waals surface area contributed by atoms with Gasteiger partial charge in [0.2, 0.25) is 0 Å². The van der Waals surface area contributed by atoms with Crippen LogP contribution in [0, 0.1) is 11.3 Å². The van der Waals surface area contributed by atoms with Gasteiger partial charge in [0, 0.05) is 6.42 Å². The van der Waals surface area contributed by atoms with E-state index in [1.54, 1.807) is 12.1 Å². The van der Waals surface area contributed by atoms with Crippen molar-refractivity contribution in [1.82, 2.24) is 0 Å². The number of ether oxygens (including phenoxy) is 1. The Balaban J connectivity index is 3.28. The molecule has 0 aromatic heterocycles. The molecule has 0 spiro atoms. The fraction of sp³-hybridized carbons (Fsp3) is 0.462. The average molecular weight is 267 g/mol. The maximum atomic E-state index is 12.1. The van der Waals surface area contributed by atoms with E-state index in [0.29, 0.717) is 5.75 Å². The highest BCUT2D eigenvalue weighted by atomic mass is 32.2. The largest absolute Gasteiger partial charge is 0.495 e. The molecule has 0 aliphatic carbocycles. The van der Waals surface area contributed by atoms with Gasteiger partial charge in [-0.3, -0.25) is 0 Å². The van der Waals surface area contributed by atoms with E-state index in [1.807, 2.05) is 26.0 Å². The summed E-state index contributed by atoms with van der Waals surface area (Å²) < 4.78 is 29.3. The predicted octanol–water partition coefficient (Wildman–Crippen LogP) is 2.51. The lowest BCUT2D eigenvalue weighted by Gasteiger charge is -2.12. The van der Waals surface area contributed by atoms with Crippen LogP contribution in [0.5, 0.6) is 5.75 Å². The molecule has 5 heteroatoms. The zero-order valence-electron chi connectivity index (χ0n) is 10.8. The van der Waals surface area contributed by atoms with E-state index < -0.39 is 9.84 Å². The molecule has 0 bridgehead atoms. The van der Waals surface area contributed by atoms with E-state index in [9.17, 15) is 8.42 Å². The normalized spacial score (nSPS) is 11.3. The van der Waals surface area contributed by atoms with Crippen LogP contribution < -0.4 is 4.74 Å². The SMILES string of the molecule is COc1ccc(C(C)C)cc1S(=O)(=O)CCC#N. The minimum absolute atomic E-state index is 0.0165. The summed E-state index contributed by atoms with van der Waals surface area (Å²) in [4.78, 5) is 0.173. The van der Waals surface area contributed by atoms with Gasteiger partial charge in [-0.25, -0.2) is 8.42 Å². The Hall–Kier alpha value is -1.54. The van der Waals surface area contributed by atoms with Gasteiger partial charge in [0.25, 0.3) is 0 Å². The highest BCUT2D eigenvalue weighted by molar-refractivity contribution is 7.91. The van der Waals surface area contributed by atoms with Gasteiger partial charge in [0.1, 0.15) is 10.6 Å². The summed E-state index contributed by atoms with van der Waals surface area (Å²) in [6.45, 7) is 3.99. The molecule has 1 aromatic carbocycles. The van der Waals surface area contributed by atoms with Crippen LogP contribution in [0.4, 0.5) is 0 Å². The lowest BCUT2D eigenvalue weighted by atomic mass is 10.0. The molecule has 1 aromatic rings. The van der Waals surface area contributed by atoms with Crippen molar-refractivity contribution in [2.75, 3.05) is 12.9 Å². The zero-order chi connectivity index (χ0) is 13.8. The highest BCUT2D eigenvalue weighted by Gasteiger charge is 2.20. The number of hydrogen-bond acceptors (Lipinski definition) is 4. The van der Waals surface area contributed by atoms with Crippen LogP contribution in [-0.2, 0) is 9.84 Å². The maximum absolute atomic E-state index is 12.1. The van der Waals surface area contributed by atoms with Gasteiger partial charge in [-0.05, 0) is 23.6 Å². The summed E-state index contributed by atoms with van der Waals surface area (Å²) in [7, 11) is -2.03. The Morgan fingerprint density at radius 1 is 1.39 bits per heavy atom. The summed E-state index contributed by atoms with van der Waals surface area (Å²) in [5.74, 6) is 0.389. The monoisotopic (exact) mass is 267 g/mol. The molecule has 98 valence electrons. The Labute approximate surface area is 108 Å². The molecule has 0 fully saturated rings. The molecule has 0 heterocycles. The van der Waals surface area contributed by atoms with Crippen molar-refractivity contribution in [1.29, 1.82) is 5.26 Å². The second kappa shape index (κ2) is 5.87. The van der Waals surface area contributed by atoms with E-state index in [4.69, 9.17) is 10.00 Å². The minimum atomic E-state index is -3.47. The smallest absolute Gasteiger partial charge is 0.183 e. The first kappa shape index (κ1) is 14.5. The van der Waals surface area contributed by atoms with Crippen LogP contribution in [0.15, 0.2) is 23.1 Å². The molecule has 1 rings (SSSR count). The van der Waals surface area contributed by atoms with Gasteiger partial charge >= 0.3 is 0 Å². The molecule has 0 unspecified atom stereocenters. The van der Waals surface area contributed by atoms with Crippen molar-refractivity contribution in [2.45, 2.75) is 31.1 Å². The molecule has 0 aliphatic rings. The summed E-state index contributed by atoms with van der Waals surface area (Å²) in [5.41, 5.74) is 0.936. The van der Waals surface area contributed by atoms with Crippen LogP contribution in [0.3, 0.4) is 0 Å². The van der Waals surface area contributed by atoms with Crippen molar-refractivity contribution in [3.63, 3.8) is 0 Å². The van der Waals surface area contributed by atoms with E-state index >= 15 is 0 Å². The van der Waals surface area contributed by atoms with Crippen molar-refractivity contribution < 1.29 is 13.2 Å². The highest BCUT2D eigenvalue weighted by Crippen LogP contribution is 2.29. The lowest BCUT2D eigenvalue weighted by Crippen LogP contribution is -2.09. The van der Waals surface area contributed by atoms with Gasteiger partial charge in [-0.15, -0.1) is 0 Å². The topological polar surface area (TPSA) is 67.2 Å². The molecule has 0 saturated heterocycles. The summed E-state index contributed by atoms with van der Waals surface area (Å²) in [6.07, 6.45) is -0.0165. The van der Waals surface area contributed by atoms with Gasteiger partial charge < -0.3 is 4.74 Å². The number of rotatable bonds is 5. The first-order valence-corrected chi connectivity index (χ1v) is 7.35. The summed E-state index contributed by atoms with van der Waals surface area (Å²) in [5, 5.41) is 8.50. The molecule has 0 amide bonds. The van der Waals surface area contributed by atoms with Crippen LogP contribution in [0.2, 0.25) is 0 Å². The molecule has 0 atom stereocenters. The molecule has 0 aliphatic heterocycles. The van der Waals surface area contributed by atoms with E-state index in [0.717, 1.165) is 5.56 Å². The number of hydrogen-bond donors (Lipinski definition) is 0. The van der Waals surface area contributed by atoms with E-state index in [1.165, 1.54) is 7.11 Å². The van der Waals surface area contributed by atoms with E-state index in [-0.39, 0.29) is 23.0 Å². The fourth-order valence-corrected chi connectivity index (χ4v) is 2.94. The van der Waals surface area contributed by atoms with Gasteiger partial charge in [-0.2, -0.15) is 5.26 Å². The third-order valence-electron chi connectivity index (χ3n) is 2.67. The Morgan fingerprint density at radius 3 is 2.56 bits per heavy atom. The third-order valence-corrected chi connectivity index (χ3v) is 4.40. The average Bonchev–Trinajstić information content (AvgIpc) is 2.35. The fourth-order valence-electron chi connectivity index (χ4n) is 1.59. The Kier molecular flexibility index (Phi) is 4.74. The summed E-state index contributed by atoms with van der Waals surface area (Å²) >= 11 is 0. The third kappa shape index (κ3) is 3.23. The van der Waals surface area contributed by atoms with Crippen molar-refractivity contribution in [2.24, 2.45) is 0 Å². The van der Waals surface area contributed by atoms with Gasteiger partial charge in [-0.1, -0.05) is 19.9 Å². The molecule has 0 N–H and O–H groups in total. The molecule has 0 saturated carbocycles. The molecule has 0 radical (unpaired) electrons. The van der Waals surface area contributed by atoms with Crippen LogP contribution >= 0.6 is 0 Å². The van der Waals surface area contributed by atoms with Crippen LogP contribution in [0.1, 0.15) is 31.7 Å². The first-order valence-electron chi connectivity index (χ1n) is 5.70. The quantitative estimate of drug-likeness (QED) is 0.822. The van der Waals surface area contributed by atoms with Crippen LogP contribution in [0.25, 0.3) is 0 Å². The molecular weight excluding hydrogens is 250 g/mol. The Bertz CT molecular complexity index is 556.